The van der Waals surface area contributed by atoms with E-state index in [1.807, 2.05) is 32.9 Å². The van der Waals surface area contributed by atoms with Gasteiger partial charge >= 0.3 is 24.1 Å². The summed E-state index contributed by atoms with van der Waals surface area (Å²) in [5, 5.41) is 16.6. The van der Waals surface area contributed by atoms with E-state index in [-0.39, 0.29) is 48.8 Å². The predicted octanol–water partition coefficient (Wildman–Crippen LogP) is 6.15. The molecular formula is C54H73ClN6O16S. The fraction of sp³-hybridized carbons (Fsp3) is 0.611. The number of hydrogen-bond donors (Lipinski definition) is 3. The number of anilines is 1. The molecule has 22 nitrogen and oxygen atoms in total. The highest BCUT2D eigenvalue weighted by molar-refractivity contribution is 8.13. The van der Waals surface area contributed by atoms with Crippen molar-refractivity contribution in [1.29, 1.82) is 0 Å². The second kappa shape index (κ2) is 26.7. The second-order valence-corrected chi connectivity index (χ2v) is 22.4. The van der Waals surface area contributed by atoms with E-state index in [0.29, 0.717) is 47.5 Å². The van der Waals surface area contributed by atoms with Gasteiger partial charge in [0.2, 0.25) is 11.8 Å². The maximum absolute atomic E-state index is 14.5. The number of ether oxygens (including phenoxy) is 5. The molecule has 0 spiro atoms. The fourth-order valence-electron chi connectivity index (χ4n) is 10.2. The highest BCUT2D eigenvalue weighted by atomic mass is 35.5. The molecule has 3 unspecified atom stereocenters. The summed E-state index contributed by atoms with van der Waals surface area (Å²) in [7, 11) is 7.17. The van der Waals surface area contributed by atoms with Crippen molar-refractivity contribution in [2.45, 2.75) is 147 Å². The Morgan fingerprint density at radius 1 is 1.00 bits per heavy atom. The van der Waals surface area contributed by atoms with Crippen LogP contribution in [0.25, 0.3) is 0 Å². The first-order chi connectivity index (χ1) is 36.9. The van der Waals surface area contributed by atoms with Crippen LogP contribution in [0.5, 0.6) is 5.75 Å². The maximum Gasteiger partial charge on any atom is 0.410 e. The molecule has 3 aliphatic heterocycles. The lowest BCUT2D eigenvalue weighted by atomic mass is 9.83. The third kappa shape index (κ3) is 15.1. The molecule has 1 saturated carbocycles. The first kappa shape index (κ1) is 61.0. The quantitative estimate of drug-likeness (QED) is 0.0816. The Labute approximate surface area is 463 Å². The fourth-order valence-corrected chi connectivity index (χ4v) is 11.2. The van der Waals surface area contributed by atoms with E-state index >= 15 is 0 Å². The number of thioether (sulfide) groups is 1. The Morgan fingerprint density at radius 2 is 1.72 bits per heavy atom. The van der Waals surface area contributed by atoms with Crippen LogP contribution in [-0.2, 0) is 59.0 Å². The smallest absolute Gasteiger partial charge is 0.410 e. The third-order valence-electron chi connectivity index (χ3n) is 15.3. The maximum atomic E-state index is 14.5. The van der Waals surface area contributed by atoms with Crippen molar-refractivity contribution in [1.82, 2.24) is 25.5 Å². The number of allylic oxidation sites excluding steroid dienone is 4. The highest BCUT2D eigenvalue weighted by Crippen LogP contribution is 2.61. The van der Waals surface area contributed by atoms with E-state index < -0.39 is 113 Å². The van der Waals surface area contributed by atoms with Crippen LogP contribution in [-0.4, -0.2) is 163 Å². The minimum absolute atomic E-state index is 0.0549. The topological polar surface area (TPSA) is 266 Å². The predicted molar refractivity (Wildman–Crippen MR) is 286 cm³/mol. The van der Waals surface area contributed by atoms with Gasteiger partial charge in [0.15, 0.2) is 5.72 Å². The van der Waals surface area contributed by atoms with Crippen molar-refractivity contribution in [2.75, 3.05) is 52.6 Å². The lowest BCUT2D eigenvalue weighted by Crippen LogP contribution is -2.63. The molecule has 3 heterocycles. The van der Waals surface area contributed by atoms with Gasteiger partial charge in [0.05, 0.1) is 25.8 Å². The van der Waals surface area contributed by atoms with Crippen LogP contribution in [0.1, 0.15) is 104 Å². The normalized spacial score (nSPS) is 28.8. The summed E-state index contributed by atoms with van der Waals surface area (Å²) in [6.45, 7) is 6.61. The number of fused-ring (bicyclic) bond motifs is 5. The SMILES string of the molecule is COc1cc2cc(c1Cl)N(C)C(=O)C[C@H](OC(=O)[C@H](C)N(C)C(=O)CCSC(=O)NC(CN(C)C(=O)OC1/C=C/CCCCC1)C(=O)ON1C(=O)CCC1=O)C1(C)C[C@H]1[C@H](C)[C@@H]1C[C@@](O)(NC(=O)O1)[C@H](OC)/C=C/C=C(\C)C2. The number of hydrogen-bond acceptors (Lipinski definition) is 17. The number of rotatable bonds is 14. The summed E-state index contributed by atoms with van der Waals surface area (Å²) in [5.41, 5.74) is -0.728. The van der Waals surface area contributed by atoms with E-state index in [9.17, 15) is 48.3 Å². The average molecular weight is 1130 g/mol. The van der Waals surface area contributed by atoms with Crippen LogP contribution in [0.2, 0.25) is 5.02 Å². The number of nitrogens with zero attached hydrogens (tertiary/aromatic N) is 4. The van der Waals surface area contributed by atoms with Crippen LogP contribution in [0.15, 0.2) is 48.1 Å². The molecule has 0 radical (unpaired) electrons. The molecule has 0 aromatic heterocycles. The molecule has 24 heteroatoms. The van der Waals surface area contributed by atoms with Gasteiger partial charge in [-0.15, -0.1) is 5.06 Å². The minimum atomic E-state index is -1.86. The van der Waals surface area contributed by atoms with Crippen molar-refractivity contribution >= 4 is 82.0 Å². The molecule has 428 valence electrons. The van der Waals surface area contributed by atoms with Crippen molar-refractivity contribution in [3.63, 3.8) is 0 Å². The molecule has 7 amide bonds. The summed E-state index contributed by atoms with van der Waals surface area (Å²) in [6, 6.07) is 0.761. The number of alkyl carbamates (subject to hydrolysis) is 1. The zero-order valence-electron chi connectivity index (χ0n) is 45.7. The molecule has 2 aliphatic carbocycles. The molecule has 3 N–H and O–H groups in total. The van der Waals surface area contributed by atoms with Gasteiger partial charge in [-0.3, -0.25) is 29.3 Å². The molecule has 78 heavy (non-hydrogen) atoms. The van der Waals surface area contributed by atoms with E-state index in [2.05, 4.69) is 10.6 Å². The minimum Gasteiger partial charge on any atom is -0.495 e. The van der Waals surface area contributed by atoms with Crippen molar-refractivity contribution < 1.29 is 76.8 Å². The molecule has 4 bridgehead atoms. The first-order valence-electron chi connectivity index (χ1n) is 26.2. The zero-order chi connectivity index (χ0) is 57.2. The highest BCUT2D eigenvalue weighted by Gasteiger charge is 2.62. The molecule has 1 aromatic carbocycles. The summed E-state index contributed by atoms with van der Waals surface area (Å²) < 4.78 is 29.0. The number of hydroxylamine groups is 2. The van der Waals surface area contributed by atoms with Crippen molar-refractivity contribution in [2.24, 2.45) is 17.3 Å². The average Bonchev–Trinajstić information content (AvgIpc) is 4.14. The third-order valence-corrected chi connectivity index (χ3v) is 16.4. The Balaban J connectivity index is 1.15. The number of halogens is 1. The number of imide groups is 1. The Hall–Kier alpha value is -6.17. The number of methoxy groups -OCH3 is 2. The number of carbonyl (C=O) groups is 9. The number of benzene rings is 1. The van der Waals surface area contributed by atoms with Crippen LogP contribution in [0.3, 0.4) is 0 Å². The van der Waals surface area contributed by atoms with E-state index in [0.717, 1.165) is 46.6 Å². The number of amides is 7. The van der Waals surface area contributed by atoms with Crippen LogP contribution in [0, 0.1) is 17.3 Å². The zero-order valence-corrected chi connectivity index (χ0v) is 47.3. The van der Waals surface area contributed by atoms with E-state index in [4.69, 9.17) is 40.1 Å². The van der Waals surface area contributed by atoms with Gasteiger partial charge in [-0.25, -0.2) is 19.2 Å². The van der Waals surface area contributed by atoms with Crippen LogP contribution in [0.4, 0.5) is 20.1 Å². The largest absolute Gasteiger partial charge is 0.495 e. The lowest BCUT2D eigenvalue weighted by Gasteiger charge is -2.42. The Bertz CT molecular complexity index is 2550. The van der Waals surface area contributed by atoms with Gasteiger partial charge in [0.1, 0.15) is 47.3 Å². The van der Waals surface area contributed by atoms with Crippen LogP contribution < -0.4 is 20.3 Å². The van der Waals surface area contributed by atoms with Crippen LogP contribution >= 0.6 is 23.4 Å². The van der Waals surface area contributed by atoms with Gasteiger partial charge in [-0.05, 0) is 88.0 Å². The number of aliphatic hydroxyl groups is 1. The van der Waals surface area contributed by atoms with Gasteiger partial charge in [-0.1, -0.05) is 73.5 Å². The number of carbonyl (C=O) groups excluding carboxylic acids is 9. The molecule has 2 saturated heterocycles. The van der Waals surface area contributed by atoms with Gasteiger partial charge < -0.3 is 53.6 Å². The van der Waals surface area contributed by atoms with Gasteiger partial charge in [0, 0.05) is 65.1 Å². The van der Waals surface area contributed by atoms with Crippen molar-refractivity contribution in [3.8, 4) is 5.75 Å². The number of nitrogens with one attached hydrogen (secondary N) is 2. The standard InChI is InChI=1S/C54H73ClN6O16S/c1-31-16-15-19-41(73-9)54(71)29-40(75-50(68)57-54)32(2)36-28-53(36,4)42(27-46(65)60(7)38-25-34(24-31)26-39(72-8)47(38)55)76-48(66)33(3)59(6)43(62)22-23-78-51(69)56-37(49(67)77-61-44(63)20-21-45(61)64)30-58(5)52(70)74-35-17-13-11-10-12-14-18-35/h13,15-17,19,25-26,32-33,35-37,40-42,71H,10-12,14,18,20-24,27-30H2,1-9H3,(H,56,69)(H,57,68)/b17-13+,19-15+,31-16+/t32-,33-,35?,36-,37?,40-,41+,42-,53?,54-/m0/s1. The van der Waals surface area contributed by atoms with E-state index in [1.165, 1.54) is 40.1 Å². The number of likely N-dealkylation sites (N-methyl/N-ethyl adjacent to an activating group) is 2. The molecular weight excluding hydrogens is 1060 g/mol. The Kier molecular flexibility index (Phi) is 20.9. The Morgan fingerprint density at radius 3 is 2.41 bits per heavy atom. The molecule has 3 fully saturated rings. The van der Waals surface area contributed by atoms with Gasteiger partial charge in [0.25, 0.3) is 17.1 Å². The van der Waals surface area contributed by atoms with Crippen molar-refractivity contribution in [3.05, 3.63) is 58.7 Å². The first-order valence-corrected chi connectivity index (χ1v) is 27.5. The van der Waals surface area contributed by atoms with E-state index in [1.54, 1.807) is 37.4 Å². The lowest BCUT2D eigenvalue weighted by molar-refractivity contribution is -0.199. The molecule has 1 aromatic rings. The second-order valence-electron chi connectivity index (χ2n) is 20.9. The molecule has 5 aliphatic rings. The summed E-state index contributed by atoms with van der Waals surface area (Å²) in [4.78, 5) is 129. The summed E-state index contributed by atoms with van der Waals surface area (Å²) in [5.74, 6) is -5.07. The number of esters is 1. The monoisotopic (exact) mass is 1130 g/mol. The molecule has 10 atom stereocenters. The summed E-state index contributed by atoms with van der Waals surface area (Å²) >= 11 is 7.46. The van der Waals surface area contributed by atoms with Gasteiger partial charge in [-0.2, -0.15) is 0 Å². The molecule has 6 rings (SSSR count). The summed E-state index contributed by atoms with van der Waals surface area (Å²) in [6.07, 6.45) is 8.08.